The average molecular weight is 359 g/mol. The Bertz CT molecular complexity index is 798. The minimum Gasteiger partial charge on any atom is -0.478 e. The number of carbonyl (C=O) groups is 1. The van der Waals surface area contributed by atoms with Crippen LogP contribution in [0.5, 0.6) is 0 Å². The second kappa shape index (κ2) is 4.59. The van der Waals surface area contributed by atoms with Gasteiger partial charge in [0.15, 0.2) is 11.5 Å². The highest BCUT2D eigenvalue weighted by atomic mass is 79.9. The van der Waals surface area contributed by atoms with E-state index in [2.05, 4.69) is 26.1 Å². The van der Waals surface area contributed by atoms with Crippen molar-refractivity contribution in [2.75, 3.05) is 0 Å². The summed E-state index contributed by atoms with van der Waals surface area (Å²) in [4.78, 5) is 11.1. The minimum absolute atomic E-state index is 0.0906. The van der Waals surface area contributed by atoms with Gasteiger partial charge < -0.3 is 5.11 Å². The number of carboxylic acids is 1. The summed E-state index contributed by atoms with van der Waals surface area (Å²) in [6.07, 6.45) is 1.46. The third kappa shape index (κ3) is 2.13. The molecule has 0 bridgehead atoms. The summed E-state index contributed by atoms with van der Waals surface area (Å²) in [5.41, 5.74) is 1.37. The lowest BCUT2D eigenvalue weighted by molar-refractivity contribution is 0.0696. The first-order valence-corrected chi connectivity index (χ1v) is 7.13. The van der Waals surface area contributed by atoms with Crippen molar-refractivity contribution in [1.82, 2.24) is 14.6 Å². The van der Waals surface area contributed by atoms with Gasteiger partial charge in [-0.1, -0.05) is 11.6 Å². The molecular weight excluding hydrogens is 354 g/mol. The lowest BCUT2D eigenvalue weighted by Crippen LogP contribution is -2.00. The Kier molecular flexibility index (Phi) is 3.04. The van der Waals surface area contributed by atoms with Crippen LogP contribution < -0.4 is 0 Å². The van der Waals surface area contributed by atoms with Gasteiger partial charge in [0.05, 0.1) is 14.4 Å². The van der Waals surface area contributed by atoms with Crippen molar-refractivity contribution in [3.05, 3.63) is 38.1 Å². The van der Waals surface area contributed by atoms with Crippen LogP contribution >= 0.6 is 38.9 Å². The number of rotatable bonds is 2. The van der Waals surface area contributed by atoms with E-state index in [0.29, 0.717) is 11.5 Å². The largest absolute Gasteiger partial charge is 0.478 e. The maximum Gasteiger partial charge on any atom is 0.337 e. The predicted molar refractivity (Wildman–Crippen MR) is 76.0 cm³/mol. The van der Waals surface area contributed by atoms with Gasteiger partial charge in [0, 0.05) is 17.1 Å². The standard InChI is InChI=1S/C11H5BrClN3O2S/c12-8-2-6(4-19-8)9-14-15-10-7(13)1-5(11(17)18)3-16(9)10/h1-4H,(H,17,18). The third-order valence-corrected chi connectivity index (χ3v) is 4.32. The molecule has 0 saturated carbocycles. The Balaban J connectivity index is 2.29. The second-order valence-corrected chi connectivity index (χ2v) is 6.44. The summed E-state index contributed by atoms with van der Waals surface area (Å²) in [5, 5.41) is 19.3. The van der Waals surface area contributed by atoms with E-state index in [0.717, 1.165) is 9.35 Å². The summed E-state index contributed by atoms with van der Waals surface area (Å²) in [6.45, 7) is 0. The van der Waals surface area contributed by atoms with E-state index < -0.39 is 5.97 Å². The Morgan fingerprint density at radius 1 is 1.42 bits per heavy atom. The lowest BCUT2D eigenvalue weighted by Gasteiger charge is -2.01. The quantitative estimate of drug-likeness (QED) is 0.760. The highest BCUT2D eigenvalue weighted by Crippen LogP contribution is 2.29. The first-order valence-electron chi connectivity index (χ1n) is 5.08. The zero-order valence-electron chi connectivity index (χ0n) is 9.17. The van der Waals surface area contributed by atoms with Gasteiger partial charge in [0.1, 0.15) is 0 Å². The fraction of sp³-hybridized carbons (Fsp3) is 0. The van der Waals surface area contributed by atoms with E-state index in [9.17, 15) is 4.79 Å². The fourth-order valence-electron chi connectivity index (χ4n) is 1.70. The zero-order valence-corrected chi connectivity index (χ0v) is 12.3. The number of thiophene rings is 1. The number of hydrogen-bond acceptors (Lipinski definition) is 4. The molecule has 0 aliphatic rings. The Morgan fingerprint density at radius 3 is 2.84 bits per heavy atom. The monoisotopic (exact) mass is 357 g/mol. The Hall–Kier alpha value is -1.44. The van der Waals surface area contributed by atoms with Crippen molar-refractivity contribution in [2.45, 2.75) is 0 Å². The fourth-order valence-corrected chi connectivity index (χ4v) is 3.08. The number of carboxylic acid groups (broad SMARTS) is 1. The Labute approximate surface area is 124 Å². The van der Waals surface area contributed by atoms with Crippen LogP contribution in [0.1, 0.15) is 10.4 Å². The van der Waals surface area contributed by atoms with Gasteiger partial charge in [0.25, 0.3) is 0 Å². The Morgan fingerprint density at radius 2 is 2.21 bits per heavy atom. The summed E-state index contributed by atoms with van der Waals surface area (Å²) < 4.78 is 2.54. The van der Waals surface area contributed by atoms with Crippen LogP contribution in [0, 0.1) is 0 Å². The number of pyridine rings is 1. The van der Waals surface area contributed by atoms with Crippen LogP contribution in [0.15, 0.2) is 27.5 Å². The normalized spacial score (nSPS) is 11.1. The van der Waals surface area contributed by atoms with Crippen molar-refractivity contribution in [3.63, 3.8) is 0 Å². The molecule has 3 heterocycles. The van der Waals surface area contributed by atoms with Crippen LogP contribution in [0.4, 0.5) is 0 Å². The lowest BCUT2D eigenvalue weighted by atomic mass is 10.2. The molecule has 0 aliphatic heterocycles. The van der Waals surface area contributed by atoms with Crippen LogP contribution in [-0.2, 0) is 0 Å². The summed E-state index contributed by atoms with van der Waals surface area (Å²) in [6, 6.07) is 3.25. The highest BCUT2D eigenvalue weighted by Gasteiger charge is 2.15. The van der Waals surface area contributed by atoms with Crippen LogP contribution in [0.3, 0.4) is 0 Å². The maximum atomic E-state index is 11.1. The molecular formula is C11H5BrClN3O2S. The number of halogens is 2. The van der Waals surface area contributed by atoms with Crippen LogP contribution in [0.25, 0.3) is 17.0 Å². The third-order valence-electron chi connectivity index (χ3n) is 2.53. The van der Waals surface area contributed by atoms with Crippen molar-refractivity contribution >= 4 is 50.5 Å². The molecule has 3 rings (SSSR count). The van der Waals surface area contributed by atoms with E-state index in [1.165, 1.54) is 23.6 Å². The molecule has 19 heavy (non-hydrogen) atoms. The topological polar surface area (TPSA) is 67.5 Å². The molecule has 1 N–H and O–H groups in total. The zero-order chi connectivity index (χ0) is 13.6. The maximum absolute atomic E-state index is 11.1. The number of hydrogen-bond donors (Lipinski definition) is 1. The predicted octanol–water partition coefficient (Wildman–Crippen LogP) is 3.57. The van der Waals surface area contributed by atoms with Gasteiger partial charge in [-0.05, 0) is 28.1 Å². The highest BCUT2D eigenvalue weighted by molar-refractivity contribution is 9.11. The van der Waals surface area contributed by atoms with Gasteiger partial charge in [-0.15, -0.1) is 21.5 Å². The molecule has 96 valence electrons. The van der Waals surface area contributed by atoms with E-state index in [1.54, 1.807) is 4.40 Å². The number of aromatic carboxylic acids is 1. The molecule has 0 spiro atoms. The minimum atomic E-state index is -1.05. The van der Waals surface area contributed by atoms with Crippen molar-refractivity contribution in [1.29, 1.82) is 0 Å². The SMILES string of the molecule is O=C(O)c1cc(Cl)c2nnc(-c3csc(Br)c3)n2c1. The summed E-state index contributed by atoms with van der Waals surface area (Å²) >= 11 is 10.9. The van der Waals surface area contributed by atoms with Crippen molar-refractivity contribution < 1.29 is 9.90 Å². The molecule has 0 unspecified atom stereocenters. The molecule has 0 amide bonds. The molecule has 0 fully saturated rings. The van der Waals surface area contributed by atoms with Gasteiger partial charge in [-0.3, -0.25) is 4.40 Å². The molecule has 0 aliphatic carbocycles. The van der Waals surface area contributed by atoms with E-state index in [1.807, 2.05) is 11.4 Å². The number of aromatic nitrogens is 3. The first-order chi connectivity index (χ1) is 9.06. The van der Waals surface area contributed by atoms with Gasteiger partial charge in [-0.25, -0.2) is 4.79 Å². The molecule has 3 aromatic heterocycles. The van der Waals surface area contributed by atoms with Crippen molar-refractivity contribution in [2.24, 2.45) is 0 Å². The van der Waals surface area contributed by atoms with E-state index >= 15 is 0 Å². The first kappa shape index (κ1) is 12.6. The molecule has 8 heteroatoms. The van der Waals surface area contributed by atoms with E-state index in [-0.39, 0.29) is 10.6 Å². The summed E-state index contributed by atoms with van der Waals surface area (Å²) in [5.74, 6) is -0.489. The van der Waals surface area contributed by atoms with Crippen molar-refractivity contribution in [3.8, 4) is 11.4 Å². The van der Waals surface area contributed by atoms with Gasteiger partial charge >= 0.3 is 5.97 Å². The van der Waals surface area contributed by atoms with Crippen LogP contribution in [0.2, 0.25) is 5.02 Å². The molecule has 5 nitrogen and oxygen atoms in total. The van der Waals surface area contributed by atoms with Crippen LogP contribution in [-0.4, -0.2) is 25.7 Å². The van der Waals surface area contributed by atoms with Gasteiger partial charge in [0.2, 0.25) is 0 Å². The van der Waals surface area contributed by atoms with E-state index in [4.69, 9.17) is 16.7 Å². The summed E-state index contributed by atoms with van der Waals surface area (Å²) in [7, 11) is 0. The number of fused-ring (bicyclic) bond motifs is 1. The molecule has 0 saturated heterocycles. The van der Waals surface area contributed by atoms with Gasteiger partial charge in [-0.2, -0.15) is 0 Å². The second-order valence-electron chi connectivity index (χ2n) is 3.74. The molecule has 0 atom stereocenters. The molecule has 3 aromatic rings. The molecule has 0 radical (unpaired) electrons. The molecule has 0 aromatic carbocycles. The number of nitrogens with zero attached hydrogens (tertiary/aromatic N) is 3. The smallest absolute Gasteiger partial charge is 0.337 e. The average Bonchev–Trinajstić information content (AvgIpc) is 2.94.